The molecule has 0 heterocycles. The highest BCUT2D eigenvalue weighted by atomic mass is 16.4. The van der Waals surface area contributed by atoms with E-state index in [1.165, 1.54) is 12.1 Å². The molecular weight excluding hydrogens is 264 g/mol. The summed E-state index contributed by atoms with van der Waals surface area (Å²) >= 11 is 0. The molecule has 6 nitrogen and oxygen atoms in total. The summed E-state index contributed by atoms with van der Waals surface area (Å²) in [4.78, 5) is 33.8. The summed E-state index contributed by atoms with van der Waals surface area (Å²) < 4.78 is 0. The predicted molar refractivity (Wildman–Crippen MR) is 69.6 cm³/mol. The SMILES string of the molecule is Cc1ccc2cc(C(=O)O)c(C(=O)O)c(C(=O)O)c2c1. The summed E-state index contributed by atoms with van der Waals surface area (Å²) in [6.45, 7) is 1.73. The van der Waals surface area contributed by atoms with Crippen molar-refractivity contribution in [2.45, 2.75) is 6.92 Å². The van der Waals surface area contributed by atoms with E-state index in [9.17, 15) is 19.5 Å². The first-order valence-electron chi connectivity index (χ1n) is 5.60. The molecule has 2 rings (SSSR count). The molecule has 102 valence electrons. The molecule has 0 bridgehead atoms. The summed E-state index contributed by atoms with van der Waals surface area (Å²) in [6.07, 6.45) is 0. The van der Waals surface area contributed by atoms with Crippen LogP contribution in [0.1, 0.15) is 36.6 Å². The number of fused-ring (bicyclic) bond motifs is 1. The second-order valence-electron chi connectivity index (χ2n) is 4.31. The number of carboxylic acids is 3. The van der Waals surface area contributed by atoms with Gasteiger partial charge in [-0.3, -0.25) is 0 Å². The van der Waals surface area contributed by atoms with Gasteiger partial charge in [-0.15, -0.1) is 0 Å². The highest BCUT2D eigenvalue weighted by molar-refractivity contribution is 6.17. The number of aromatic carboxylic acids is 3. The zero-order chi connectivity index (χ0) is 15.0. The molecular formula is C14H10O6. The Morgan fingerprint density at radius 2 is 1.45 bits per heavy atom. The standard InChI is InChI=1S/C14H10O6/c1-6-2-3-7-5-9(12(15)16)11(14(19)20)10(13(17)18)8(7)4-6/h2-5H,1H3,(H,15,16)(H,17,18)(H,19,20). The molecule has 0 fully saturated rings. The zero-order valence-electron chi connectivity index (χ0n) is 10.4. The Balaban J connectivity index is 3.06. The largest absolute Gasteiger partial charge is 0.478 e. The Bertz CT molecular complexity index is 760. The second-order valence-corrected chi connectivity index (χ2v) is 4.31. The molecule has 3 N–H and O–H groups in total. The molecule has 0 aromatic heterocycles. The molecule has 0 aliphatic heterocycles. The minimum Gasteiger partial charge on any atom is -0.478 e. The highest BCUT2D eigenvalue weighted by Gasteiger charge is 2.26. The van der Waals surface area contributed by atoms with Crippen LogP contribution >= 0.6 is 0 Å². The maximum absolute atomic E-state index is 11.4. The van der Waals surface area contributed by atoms with Crippen LogP contribution in [0.3, 0.4) is 0 Å². The lowest BCUT2D eigenvalue weighted by Gasteiger charge is -2.10. The molecule has 0 unspecified atom stereocenters. The van der Waals surface area contributed by atoms with Crippen LogP contribution in [0.5, 0.6) is 0 Å². The van der Waals surface area contributed by atoms with Gasteiger partial charge in [0.25, 0.3) is 0 Å². The maximum atomic E-state index is 11.4. The van der Waals surface area contributed by atoms with Gasteiger partial charge in [0.2, 0.25) is 0 Å². The quantitative estimate of drug-likeness (QED) is 0.791. The van der Waals surface area contributed by atoms with Crippen molar-refractivity contribution in [1.82, 2.24) is 0 Å². The lowest BCUT2D eigenvalue weighted by Crippen LogP contribution is -2.15. The summed E-state index contributed by atoms with van der Waals surface area (Å²) in [6, 6.07) is 5.96. The molecule has 2 aromatic rings. The van der Waals surface area contributed by atoms with E-state index >= 15 is 0 Å². The van der Waals surface area contributed by atoms with Crippen molar-refractivity contribution < 1.29 is 29.7 Å². The minimum absolute atomic E-state index is 0.208. The summed E-state index contributed by atoms with van der Waals surface area (Å²) in [7, 11) is 0. The van der Waals surface area contributed by atoms with Gasteiger partial charge in [-0.2, -0.15) is 0 Å². The van der Waals surface area contributed by atoms with E-state index in [2.05, 4.69) is 0 Å². The monoisotopic (exact) mass is 274 g/mol. The topological polar surface area (TPSA) is 112 Å². The molecule has 0 aliphatic carbocycles. The number of rotatable bonds is 3. The van der Waals surface area contributed by atoms with Gasteiger partial charge in [0.1, 0.15) is 0 Å². The first-order valence-corrected chi connectivity index (χ1v) is 5.60. The van der Waals surface area contributed by atoms with E-state index in [0.29, 0.717) is 5.39 Å². The molecule has 2 aromatic carbocycles. The van der Waals surface area contributed by atoms with Gasteiger partial charge in [0, 0.05) is 0 Å². The first-order chi connectivity index (χ1) is 9.32. The number of hydrogen-bond donors (Lipinski definition) is 3. The molecule has 0 saturated carbocycles. The summed E-state index contributed by atoms with van der Waals surface area (Å²) in [5, 5.41) is 28.1. The van der Waals surface area contributed by atoms with E-state index < -0.39 is 34.6 Å². The van der Waals surface area contributed by atoms with Crippen molar-refractivity contribution >= 4 is 28.7 Å². The van der Waals surface area contributed by atoms with Crippen molar-refractivity contribution in [2.75, 3.05) is 0 Å². The third kappa shape index (κ3) is 2.07. The fourth-order valence-corrected chi connectivity index (χ4v) is 2.12. The van der Waals surface area contributed by atoms with Crippen LogP contribution in [-0.2, 0) is 0 Å². The van der Waals surface area contributed by atoms with Crippen LogP contribution in [0, 0.1) is 6.92 Å². The normalized spacial score (nSPS) is 10.4. The number of benzene rings is 2. The van der Waals surface area contributed by atoms with Crippen LogP contribution in [0.15, 0.2) is 24.3 Å². The van der Waals surface area contributed by atoms with Crippen molar-refractivity contribution in [1.29, 1.82) is 0 Å². The fourth-order valence-electron chi connectivity index (χ4n) is 2.12. The Labute approximate surface area is 112 Å². The van der Waals surface area contributed by atoms with Crippen LogP contribution in [0.4, 0.5) is 0 Å². The maximum Gasteiger partial charge on any atom is 0.337 e. The Morgan fingerprint density at radius 3 is 1.95 bits per heavy atom. The van der Waals surface area contributed by atoms with Gasteiger partial charge >= 0.3 is 17.9 Å². The van der Waals surface area contributed by atoms with E-state index in [4.69, 9.17) is 10.2 Å². The zero-order valence-corrected chi connectivity index (χ0v) is 10.4. The molecule has 0 saturated heterocycles. The molecule has 0 amide bonds. The number of carbonyl (C=O) groups is 3. The molecule has 0 spiro atoms. The first kappa shape index (κ1) is 13.5. The lowest BCUT2D eigenvalue weighted by atomic mass is 9.93. The van der Waals surface area contributed by atoms with E-state index in [1.807, 2.05) is 0 Å². The van der Waals surface area contributed by atoms with E-state index in [-0.39, 0.29) is 5.39 Å². The van der Waals surface area contributed by atoms with Gasteiger partial charge in [-0.1, -0.05) is 23.8 Å². The number of aryl methyl sites for hydroxylation is 1. The van der Waals surface area contributed by atoms with Gasteiger partial charge in [-0.05, 0) is 23.8 Å². The van der Waals surface area contributed by atoms with Crippen LogP contribution in [0.2, 0.25) is 0 Å². The Morgan fingerprint density at radius 1 is 0.850 bits per heavy atom. The number of carboxylic acid groups (broad SMARTS) is 3. The van der Waals surface area contributed by atoms with Crippen molar-refractivity contribution in [2.24, 2.45) is 0 Å². The Hall–Kier alpha value is -2.89. The Kier molecular flexibility index (Phi) is 3.15. The van der Waals surface area contributed by atoms with Crippen LogP contribution in [-0.4, -0.2) is 33.2 Å². The van der Waals surface area contributed by atoms with E-state index in [0.717, 1.165) is 5.56 Å². The fraction of sp³-hybridized carbons (Fsp3) is 0.0714. The molecule has 0 radical (unpaired) electrons. The second kappa shape index (κ2) is 4.65. The van der Waals surface area contributed by atoms with Crippen molar-refractivity contribution in [3.63, 3.8) is 0 Å². The highest BCUT2D eigenvalue weighted by Crippen LogP contribution is 2.27. The third-order valence-electron chi connectivity index (χ3n) is 2.96. The molecule has 0 aliphatic rings. The van der Waals surface area contributed by atoms with Gasteiger partial charge < -0.3 is 15.3 Å². The third-order valence-corrected chi connectivity index (χ3v) is 2.96. The lowest BCUT2D eigenvalue weighted by molar-refractivity contribution is 0.0634. The predicted octanol–water partition coefficient (Wildman–Crippen LogP) is 2.24. The molecule has 0 atom stereocenters. The van der Waals surface area contributed by atoms with Gasteiger partial charge in [-0.25, -0.2) is 14.4 Å². The van der Waals surface area contributed by atoms with Crippen LogP contribution < -0.4 is 0 Å². The van der Waals surface area contributed by atoms with Crippen LogP contribution in [0.25, 0.3) is 10.8 Å². The summed E-state index contributed by atoms with van der Waals surface area (Å²) in [5.74, 6) is -4.53. The minimum atomic E-state index is -1.58. The smallest absolute Gasteiger partial charge is 0.337 e. The van der Waals surface area contributed by atoms with Gasteiger partial charge in [0.05, 0.1) is 16.7 Å². The van der Waals surface area contributed by atoms with Crippen molar-refractivity contribution in [3.8, 4) is 0 Å². The van der Waals surface area contributed by atoms with Gasteiger partial charge in [0.15, 0.2) is 0 Å². The van der Waals surface area contributed by atoms with E-state index in [1.54, 1.807) is 19.1 Å². The number of hydrogen-bond acceptors (Lipinski definition) is 3. The van der Waals surface area contributed by atoms with Crippen molar-refractivity contribution in [3.05, 3.63) is 46.5 Å². The summed E-state index contributed by atoms with van der Waals surface area (Å²) in [5.41, 5.74) is -0.995. The molecule has 6 heteroatoms. The molecule has 20 heavy (non-hydrogen) atoms. The average molecular weight is 274 g/mol. The average Bonchev–Trinajstić information content (AvgIpc) is 2.35.